The van der Waals surface area contributed by atoms with Gasteiger partial charge in [-0.1, -0.05) is 25.1 Å². The molecule has 0 aromatic heterocycles. The van der Waals surface area contributed by atoms with Crippen LogP contribution in [0.3, 0.4) is 0 Å². The van der Waals surface area contributed by atoms with E-state index in [0.717, 1.165) is 23.7 Å². The van der Waals surface area contributed by atoms with Gasteiger partial charge in [0, 0.05) is 37.4 Å². The number of aliphatic hydroxyl groups is 2. The molecule has 7 rings (SSSR count). The van der Waals surface area contributed by atoms with Gasteiger partial charge in [-0.3, -0.25) is 4.48 Å². The van der Waals surface area contributed by atoms with Crippen LogP contribution in [0.1, 0.15) is 31.7 Å². The number of nitrogens with zero attached hydrogens (tertiary/aromatic N) is 2. The highest BCUT2D eigenvalue weighted by Gasteiger charge is 2.82. The summed E-state index contributed by atoms with van der Waals surface area (Å²) in [6.07, 6.45) is 2.67. The van der Waals surface area contributed by atoms with Crippen LogP contribution < -0.4 is 4.90 Å². The summed E-state index contributed by atoms with van der Waals surface area (Å²) in [6, 6.07) is 9.87. The summed E-state index contributed by atoms with van der Waals surface area (Å²) in [5.74, 6) is 1.17. The summed E-state index contributed by atoms with van der Waals surface area (Å²) in [7, 11) is 4.51. The number of fused-ring (bicyclic) bond motifs is 2. The first-order valence-electron chi connectivity index (χ1n) is 10.0. The number of hydrogen-bond acceptors (Lipinski definition) is 3. The molecule has 0 radical (unpaired) electrons. The third kappa shape index (κ3) is 1.27. The van der Waals surface area contributed by atoms with Crippen LogP contribution in [0.25, 0.3) is 0 Å². The maximum atomic E-state index is 11.7. The molecule has 1 aromatic rings. The van der Waals surface area contributed by atoms with Gasteiger partial charge >= 0.3 is 0 Å². The maximum absolute atomic E-state index is 11.7. The lowest BCUT2D eigenvalue weighted by atomic mass is 9.61. The second-order valence-corrected chi connectivity index (χ2v) is 9.58. The van der Waals surface area contributed by atoms with Gasteiger partial charge in [0.05, 0.1) is 30.7 Å². The SMILES string of the molecule is CC[C@@H]1[C@@H]2C[C@H]3[C@@H]4N(C)c5ccccc5[C@]45C[C@@H]([C@H]2[C@H]5O)[N+]3(C)[C@H]1O. The fourth-order valence-electron chi connectivity index (χ4n) is 8.58. The van der Waals surface area contributed by atoms with E-state index in [4.69, 9.17) is 0 Å². The van der Waals surface area contributed by atoms with Crippen molar-refractivity contribution in [1.29, 1.82) is 0 Å². The van der Waals surface area contributed by atoms with E-state index < -0.39 is 0 Å². The molecular weight excluding hydrogens is 312 g/mol. The molecular formula is C21H29N2O2+. The van der Waals surface area contributed by atoms with Crippen molar-refractivity contribution in [3.63, 3.8) is 0 Å². The highest BCUT2D eigenvalue weighted by molar-refractivity contribution is 5.66. The van der Waals surface area contributed by atoms with Gasteiger partial charge in [0.25, 0.3) is 0 Å². The summed E-state index contributed by atoms with van der Waals surface area (Å²) < 4.78 is 0.779. The lowest BCUT2D eigenvalue weighted by Gasteiger charge is -2.66. The molecule has 4 nitrogen and oxygen atoms in total. The minimum Gasteiger partial charge on any atom is -0.392 e. The molecule has 2 N–H and O–H groups in total. The fourth-order valence-corrected chi connectivity index (χ4v) is 8.58. The third-order valence-electron chi connectivity index (χ3n) is 9.39. The average Bonchev–Trinajstić information content (AvgIpc) is 2.99. The Morgan fingerprint density at radius 1 is 1.24 bits per heavy atom. The zero-order valence-electron chi connectivity index (χ0n) is 15.3. The van der Waals surface area contributed by atoms with E-state index >= 15 is 0 Å². The second kappa shape index (κ2) is 4.24. The van der Waals surface area contributed by atoms with Crippen LogP contribution in [0, 0.1) is 17.8 Å². The van der Waals surface area contributed by atoms with Gasteiger partial charge < -0.3 is 15.1 Å². The summed E-state index contributed by atoms with van der Waals surface area (Å²) >= 11 is 0. The number of rotatable bonds is 1. The van der Waals surface area contributed by atoms with Gasteiger partial charge in [0.15, 0.2) is 6.23 Å². The molecule has 1 aromatic carbocycles. The molecule has 5 aliphatic heterocycles. The second-order valence-electron chi connectivity index (χ2n) is 9.58. The molecule has 5 bridgehead atoms. The molecule has 25 heavy (non-hydrogen) atoms. The molecule has 1 saturated carbocycles. The topological polar surface area (TPSA) is 43.7 Å². The number of para-hydroxylation sites is 1. The average molecular weight is 341 g/mol. The Morgan fingerprint density at radius 3 is 2.76 bits per heavy atom. The smallest absolute Gasteiger partial charge is 0.193 e. The number of anilines is 1. The Kier molecular flexibility index (Phi) is 2.54. The number of hydrogen-bond donors (Lipinski definition) is 2. The number of benzene rings is 1. The van der Waals surface area contributed by atoms with Crippen LogP contribution in [-0.4, -0.2) is 59.2 Å². The number of likely N-dealkylation sites (N-methyl/N-ethyl adjacent to an activating group) is 2. The van der Waals surface area contributed by atoms with Crippen molar-refractivity contribution in [1.82, 2.24) is 0 Å². The Morgan fingerprint density at radius 2 is 2.00 bits per heavy atom. The predicted molar refractivity (Wildman–Crippen MR) is 96.1 cm³/mol. The normalized spacial score (nSPS) is 57.1. The zero-order valence-corrected chi connectivity index (χ0v) is 15.3. The monoisotopic (exact) mass is 341 g/mol. The van der Waals surface area contributed by atoms with E-state index in [1.165, 1.54) is 11.3 Å². The Balaban J connectivity index is 1.63. The molecule has 6 aliphatic rings. The predicted octanol–water partition coefficient (Wildman–Crippen LogP) is 1.70. The quantitative estimate of drug-likeness (QED) is 0.764. The largest absolute Gasteiger partial charge is 0.392 e. The number of piperidine rings is 4. The molecule has 1 spiro atoms. The van der Waals surface area contributed by atoms with Crippen molar-refractivity contribution in [2.45, 2.75) is 62.1 Å². The summed E-state index contributed by atoms with van der Waals surface area (Å²) in [5.41, 5.74) is 2.54. The first-order chi connectivity index (χ1) is 12.0. The Hall–Kier alpha value is -1.10. The van der Waals surface area contributed by atoms with Crippen molar-refractivity contribution >= 4 is 5.69 Å². The maximum Gasteiger partial charge on any atom is 0.193 e. The number of aliphatic hydroxyl groups excluding tert-OH is 2. The van der Waals surface area contributed by atoms with E-state index in [1.807, 2.05) is 0 Å². The molecule has 134 valence electrons. The lowest BCUT2D eigenvalue weighted by molar-refractivity contribution is -1.02. The highest BCUT2D eigenvalue weighted by Crippen LogP contribution is 2.70. The van der Waals surface area contributed by atoms with Gasteiger partial charge in [-0.25, -0.2) is 0 Å². The van der Waals surface area contributed by atoms with Gasteiger partial charge in [-0.2, -0.15) is 0 Å². The first-order valence-corrected chi connectivity index (χ1v) is 10.0. The summed E-state index contributed by atoms with van der Waals surface area (Å²) in [5, 5.41) is 23.1. The van der Waals surface area contributed by atoms with Crippen molar-refractivity contribution in [3.8, 4) is 0 Å². The van der Waals surface area contributed by atoms with E-state index in [-0.39, 0.29) is 17.7 Å². The molecule has 5 fully saturated rings. The van der Waals surface area contributed by atoms with Crippen LogP contribution >= 0.6 is 0 Å². The van der Waals surface area contributed by atoms with Crippen molar-refractivity contribution < 1.29 is 14.7 Å². The van der Waals surface area contributed by atoms with E-state index in [0.29, 0.717) is 35.9 Å². The minimum absolute atomic E-state index is 0.125. The van der Waals surface area contributed by atoms with Gasteiger partial charge in [0.2, 0.25) is 0 Å². The Labute approximate surface area is 149 Å². The molecule has 4 saturated heterocycles. The fraction of sp³-hybridized carbons (Fsp3) is 0.714. The molecule has 5 heterocycles. The van der Waals surface area contributed by atoms with Gasteiger partial charge in [-0.05, 0) is 24.0 Å². The van der Waals surface area contributed by atoms with Gasteiger partial charge in [0.1, 0.15) is 6.04 Å². The van der Waals surface area contributed by atoms with Crippen LogP contribution in [0.4, 0.5) is 5.69 Å². The molecule has 10 atom stereocenters. The Bertz CT molecular complexity index is 768. The molecule has 4 heteroatoms. The van der Waals surface area contributed by atoms with Crippen LogP contribution in [0.2, 0.25) is 0 Å². The van der Waals surface area contributed by atoms with E-state index in [2.05, 4.69) is 50.2 Å². The summed E-state index contributed by atoms with van der Waals surface area (Å²) in [4.78, 5) is 2.44. The minimum atomic E-state index is -0.273. The number of quaternary nitrogens is 1. The molecule has 1 unspecified atom stereocenters. The third-order valence-corrected chi connectivity index (χ3v) is 9.39. The van der Waals surface area contributed by atoms with Crippen LogP contribution in [0.15, 0.2) is 24.3 Å². The zero-order chi connectivity index (χ0) is 17.3. The van der Waals surface area contributed by atoms with Gasteiger partial charge in [-0.15, -0.1) is 0 Å². The van der Waals surface area contributed by atoms with Crippen molar-refractivity contribution in [3.05, 3.63) is 29.8 Å². The van der Waals surface area contributed by atoms with Crippen LogP contribution in [-0.2, 0) is 5.41 Å². The highest BCUT2D eigenvalue weighted by atomic mass is 16.3. The standard InChI is InChI=1S/C21H29N2O2/c1-4-11-12-9-15-18-21(13-7-5-6-8-14(13)22(18)2)10-16(17(12)19(21)24)23(15,3)20(11)25/h5-8,11-12,15-20,24-25H,4,9-10H2,1-3H3/q+1/t11-,12+,15+,16+,17+,18+,19-,20+,21-,23?/m1/s1. The molecule has 1 aliphatic carbocycles. The van der Waals surface area contributed by atoms with E-state index in [1.54, 1.807) is 0 Å². The van der Waals surface area contributed by atoms with E-state index in [9.17, 15) is 10.2 Å². The molecule has 0 amide bonds. The summed E-state index contributed by atoms with van der Waals surface area (Å²) in [6.45, 7) is 2.21. The van der Waals surface area contributed by atoms with Crippen LogP contribution in [0.5, 0.6) is 0 Å². The van der Waals surface area contributed by atoms with Crippen molar-refractivity contribution in [2.75, 3.05) is 19.0 Å². The lowest BCUT2D eigenvalue weighted by Crippen LogP contribution is -2.81. The van der Waals surface area contributed by atoms with Crippen molar-refractivity contribution in [2.24, 2.45) is 17.8 Å². The first kappa shape index (κ1) is 15.0.